The molecule has 0 aromatic rings. The summed E-state index contributed by atoms with van der Waals surface area (Å²) in [6.07, 6.45) is 1.66. The quantitative estimate of drug-likeness (QED) is 0.647. The first-order valence-corrected chi connectivity index (χ1v) is 4.96. The molecule has 1 aliphatic rings. The normalized spacial score (nSPS) is 25.5. The van der Waals surface area contributed by atoms with Gasteiger partial charge in [0.15, 0.2) is 0 Å². The Labute approximate surface area is 80.3 Å². The predicted octanol–water partition coefficient (Wildman–Crippen LogP) is 1.40. The van der Waals surface area contributed by atoms with E-state index in [9.17, 15) is 0 Å². The largest absolute Gasteiger partial charge is 0.380 e. The zero-order valence-corrected chi connectivity index (χ0v) is 8.49. The standard InChI is InChI=1S/C10H18N2O/c1-9(2)12-6-3-7-13-8-10(12)4-5-11/h9-10H,3-4,6-8H2,1-2H3/t10-/m1/s1. The Morgan fingerprint density at radius 2 is 2.38 bits per heavy atom. The Morgan fingerprint density at radius 3 is 3.00 bits per heavy atom. The van der Waals surface area contributed by atoms with Gasteiger partial charge in [-0.3, -0.25) is 4.90 Å². The third-order valence-electron chi connectivity index (χ3n) is 2.47. The van der Waals surface area contributed by atoms with Crippen molar-refractivity contribution in [2.45, 2.75) is 38.8 Å². The van der Waals surface area contributed by atoms with Crippen LogP contribution in [0.4, 0.5) is 0 Å². The molecule has 0 aliphatic carbocycles. The van der Waals surface area contributed by atoms with Crippen LogP contribution in [0.25, 0.3) is 0 Å². The zero-order chi connectivity index (χ0) is 9.68. The van der Waals surface area contributed by atoms with Crippen molar-refractivity contribution in [2.75, 3.05) is 19.8 Å². The van der Waals surface area contributed by atoms with Crippen LogP contribution in [0.2, 0.25) is 0 Å². The number of nitrogens with zero attached hydrogens (tertiary/aromatic N) is 2. The molecule has 1 saturated heterocycles. The number of ether oxygens (including phenoxy) is 1. The molecule has 0 aromatic carbocycles. The summed E-state index contributed by atoms with van der Waals surface area (Å²) >= 11 is 0. The molecular formula is C10H18N2O. The van der Waals surface area contributed by atoms with Crippen molar-refractivity contribution in [2.24, 2.45) is 0 Å². The molecule has 3 nitrogen and oxygen atoms in total. The smallest absolute Gasteiger partial charge is 0.0639 e. The molecule has 1 heterocycles. The lowest BCUT2D eigenvalue weighted by Crippen LogP contribution is -2.41. The summed E-state index contributed by atoms with van der Waals surface area (Å²) in [5.74, 6) is 0. The van der Waals surface area contributed by atoms with Gasteiger partial charge >= 0.3 is 0 Å². The van der Waals surface area contributed by atoms with Gasteiger partial charge in [0.05, 0.1) is 19.1 Å². The summed E-state index contributed by atoms with van der Waals surface area (Å²) in [5.41, 5.74) is 0. The van der Waals surface area contributed by atoms with Crippen LogP contribution in [0.3, 0.4) is 0 Å². The minimum atomic E-state index is 0.299. The topological polar surface area (TPSA) is 36.3 Å². The minimum absolute atomic E-state index is 0.299. The summed E-state index contributed by atoms with van der Waals surface area (Å²) in [7, 11) is 0. The highest BCUT2D eigenvalue weighted by molar-refractivity contribution is 4.85. The monoisotopic (exact) mass is 182 g/mol. The van der Waals surface area contributed by atoms with Crippen LogP contribution in [0.1, 0.15) is 26.7 Å². The Hall–Kier alpha value is -0.590. The van der Waals surface area contributed by atoms with Gasteiger partial charge in [0, 0.05) is 25.2 Å². The lowest BCUT2D eigenvalue weighted by molar-refractivity contribution is 0.0891. The van der Waals surface area contributed by atoms with Gasteiger partial charge < -0.3 is 4.74 Å². The van der Waals surface area contributed by atoms with Gasteiger partial charge in [-0.25, -0.2) is 0 Å². The van der Waals surface area contributed by atoms with Crippen LogP contribution in [0, 0.1) is 11.3 Å². The Bertz CT molecular complexity index is 186. The molecule has 3 heteroatoms. The van der Waals surface area contributed by atoms with E-state index in [1.54, 1.807) is 0 Å². The summed E-state index contributed by atoms with van der Waals surface area (Å²) in [5, 5.41) is 8.68. The Kier molecular flexibility index (Phi) is 4.20. The molecule has 74 valence electrons. The maximum Gasteiger partial charge on any atom is 0.0639 e. The molecule has 0 N–H and O–H groups in total. The van der Waals surface area contributed by atoms with Crippen LogP contribution < -0.4 is 0 Å². The van der Waals surface area contributed by atoms with Gasteiger partial charge in [0.2, 0.25) is 0 Å². The fourth-order valence-electron chi connectivity index (χ4n) is 1.81. The molecule has 0 spiro atoms. The highest BCUT2D eigenvalue weighted by atomic mass is 16.5. The predicted molar refractivity (Wildman–Crippen MR) is 51.3 cm³/mol. The van der Waals surface area contributed by atoms with E-state index in [4.69, 9.17) is 10.00 Å². The van der Waals surface area contributed by atoms with Gasteiger partial charge in [0.1, 0.15) is 0 Å². The second-order valence-corrected chi connectivity index (χ2v) is 3.78. The number of hydrogen-bond acceptors (Lipinski definition) is 3. The first-order valence-electron chi connectivity index (χ1n) is 4.96. The van der Waals surface area contributed by atoms with Crippen LogP contribution in [0.5, 0.6) is 0 Å². The van der Waals surface area contributed by atoms with E-state index in [1.807, 2.05) is 0 Å². The number of nitriles is 1. The maximum absolute atomic E-state index is 8.68. The minimum Gasteiger partial charge on any atom is -0.380 e. The Morgan fingerprint density at radius 1 is 1.62 bits per heavy atom. The average molecular weight is 182 g/mol. The van der Waals surface area contributed by atoms with Crippen LogP contribution in [0.15, 0.2) is 0 Å². The molecule has 1 aliphatic heterocycles. The van der Waals surface area contributed by atoms with E-state index >= 15 is 0 Å². The molecule has 0 unspecified atom stereocenters. The summed E-state index contributed by atoms with van der Waals surface area (Å²) in [4.78, 5) is 2.37. The Balaban J connectivity index is 2.56. The lowest BCUT2D eigenvalue weighted by Gasteiger charge is -2.31. The van der Waals surface area contributed by atoms with Gasteiger partial charge in [-0.2, -0.15) is 5.26 Å². The van der Waals surface area contributed by atoms with Gasteiger partial charge in [-0.1, -0.05) is 0 Å². The van der Waals surface area contributed by atoms with Crippen molar-refractivity contribution in [3.8, 4) is 6.07 Å². The number of hydrogen-bond donors (Lipinski definition) is 0. The number of rotatable bonds is 2. The summed E-state index contributed by atoms with van der Waals surface area (Å²) in [6, 6.07) is 3.04. The van der Waals surface area contributed by atoms with Crippen LogP contribution in [-0.4, -0.2) is 36.7 Å². The fraction of sp³-hybridized carbons (Fsp3) is 0.900. The molecular weight excluding hydrogens is 164 g/mol. The van der Waals surface area contributed by atoms with Gasteiger partial charge in [-0.15, -0.1) is 0 Å². The molecule has 0 aromatic heterocycles. The highest BCUT2D eigenvalue weighted by Crippen LogP contribution is 2.13. The molecule has 0 amide bonds. The van der Waals surface area contributed by atoms with E-state index in [1.165, 1.54) is 0 Å². The second-order valence-electron chi connectivity index (χ2n) is 3.78. The van der Waals surface area contributed by atoms with E-state index in [2.05, 4.69) is 24.8 Å². The molecule has 1 rings (SSSR count). The van der Waals surface area contributed by atoms with Crippen molar-refractivity contribution in [3.05, 3.63) is 0 Å². The van der Waals surface area contributed by atoms with E-state index in [0.717, 1.165) is 19.6 Å². The van der Waals surface area contributed by atoms with Crippen molar-refractivity contribution < 1.29 is 4.74 Å². The third kappa shape index (κ3) is 2.98. The average Bonchev–Trinajstić information content (AvgIpc) is 2.30. The molecule has 0 bridgehead atoms. The maximum atomic E-state index is 8.68. The SMILES string of the molecule is CC(C)N1CCCOC[C@H]1CC#N. The summed E-state index contributed by atoms with van der Waals surface area (Å²) in [6.45, 7) is 6.96. The molecule has 0 saturated carbocycles. The van der Waals surface area contributed by atoms with E-state index in [0.29, 0.717) is 25.1 Å². The van der Waals surface area contributed by atoms with Crippen molar-refractivity contribution in [1.82, 2.24) is 4.90 Å². The van der Waals surface area contributed by atoms with Gasteiger partial charge in [-0.05, 0) is 20.3 Å². The molecule has 1 atom stereocenters. The first kappa shape index (κ1) is 10.5. The van der Waals surface area contributed by atoms with Crippen molar-refractivity contribution >= 4 is 0 Å². The zero-order valence-electron chi connectivity index (χ0n) is 8.49. The van der Waals surface area contributed by atoms with E-state index < -0.39 is 0 Å². The third-order valence-corrected chi connectivity index (χ3v) is 2.47. The van der Waals surface area contributed by atoms with Crippen LogP contribution >= 0.6 is 0 Å². The van der Waals surface area contributed by atoms with Crippen molar-refractivity contribution in [1.29, 1.82) is 5.26 Å². The lowest BCUT2D eigenvalue weighted by atomic mass is 10.1. The second kappa shape index (κ2) is 5.21. The highest BCUT2D eigenvalue weighted by Gasteiger charge is 2.22. The summed E-state index contributed by atoms with van der Waals surface area (Å²) < 4.78 is 5.45. The van der Waals surface area contributed by atoms with Crippen LogP contribution in [-0.2, 0) is 4.74 Å². The van der Waals surface area contributed by atoms with E-state index in [-0.39, 0.29) is 0 Å². The fourth-order valence-corrected chi connectivity index (χ4v) is 1.81. The first-order chi connectivity index (χ1) is 6.25. The van der Waals surface area contributed by atoms with Gasteiger partial charge in [0.25, 0.3) is 0 Å². The molecule has 1 fully saturated rings. The van der Waals surface area contributed by atoms with Crippen molar-refractivity contribution in [3.63, 3.8) is 0 Å². The molecule has 13 heavy (non-hydrogen) atoms. The molecule has 0 radical (unpaired) electrons.